The minimum absolute atomic E-state index is 0.0417. The molecule has 39 valence electrons. The van der Waals surface area contributed by atoms with Gasteiger partial charge in [0.1, 0.15) is 5.78 Å². The second kappa shape index (κ2) is 3.04. The molecule has 1 nitrogen and oxygen atoms in total. The first-order valence-electron chi connectivity index (χ1n) is 1.82. The van der Waals surface area contributed by atoms with E-state index in [-0.39, 0.29) is 12.2 Å². The first kappa shape index (κ1) is 6.98. The summed E-state index contributed by atoms with van der Waals surface area (Å²) in [4.78, 5) is 10.1. The average Bonchev–Trinajstić information content (AvgIpc) is 1.27. The van der Waals surface area contributed by atoms with Crippen LogP contribution in [0.1, 0.15) is 13.3 Å². The van der Waals surface area contributed by atoms with Crippen molar-refractivity contribution < 1.29 is 4.79 Å². The van der Waals surface area contributed by atoms with Crippen LogP contribution in [-0.2, 0) is 4.79 Å². The molecule has 0 aromatic rings. The predicted octanol–water partition coefficient (Wildman–Crippen LogP) is 1.49. The number of thiocarbonyl (C=S) groups is 1. The molecule has 7 heavy (non-hydrogen) atoms. The van der Waals surface area contributed by atoms with Gasteiger partial charge in [-0.1, -0.05) is 24.8 Å². The van der Waals surface area contributed by atoms with Crippen molar-refractivity contribution in [3.05, 3.63) is 0 Å². The van der Waals surface area contributed by atoms with E-state index in [9.17, 15) is 4.79 Å². The Morgan fingerprint density at radius 2 is 2.14 bits per heavy atom. The van der Waals surface area contributed by atoms with E-state index in [1.165, 1.54) is 6.92 Å². The zero-order chi connectivity index (χ0) is 5.86. The number of Topliss-reactive ketones (excluding diaryl/α,β-unsaturated/α-hetero) is 1. The fourth-order valence-corrected chi connectivity index (χ4v) is 0.610. The second-order valence-electron chi connectivity index (χ2n) is 1.25. The second-order valence-corrected chi connectivity index (χ2v) is 2.49. The Kier molecular flexibility index (Phi) is 3.04. The summed E-state index contributed by atoms with van der Waals surface area (Å²) < 4.78 is 0.354. The molecule has 0 saturated carbocycles. The van der Waals surface area contributed by atoms with Crippen molar-refractivity contribution in [3.63, 3.8) is 0 Å². The van der Waals surface area contributed by atoms with Crippen molar-refractivity contribution in [2.45, 2.75) is 13.3 Å². The van der Waals surface area contributed by atoms with E-state index >= 15 is 0 Å². The predicted molar refractivity (Wildman–Crippen MR) is 35.5 cm³/mol. The van der Waals surface area contributed by atoms with Gasteiger partial charge in [0, 0.05) is 0 Å². The van der Waals surface area contributed by atoms with Crippen LogP contribution in [0.5, 0.6) is 0 Å². The lowest BCUT2D eigenvalue weighted by Crippen LogP contribution is -1.93. The Morgan fingerprint density at radius 3 is 2.14 bits per heavy atom. The van der Waals surface area contributed by atoms with Crippen LogP contribution < -0.4 is 0 Å². The average molecular weight is 133 g/mol. The standard InChI is InChI=1S/C4H5OS2/c1-3(5)2-4(6)7/h2H2,1H3. The van der Waals surface area contributed by atoms with Crippen LogP contribution in [0, 0.1) is 0 Å². The molecule has 0 aliphatic rings. The van der Waals surface area contributed by atoms with Gasteiger partial charge in [0.15, 0.2) is 0 Å². The Morgan fingerprint density at radius 1 is 1.71 bits per heavy atom. The number of hydrogen-bond donors (Lipinski definition) is 0. The number of carbonyl (C=O) groups excluding carboxylic acids is 1. The van der Waals surface area contributed by atoms with Crippen LogP contribution in [-0.4, -0.2) is 9.98 Å². The van der Waals surface area contributed by atoms with Crippen LogP contribution >= 0.6 is 24.8 Å². The summed E-state index contributed by atoms with van der Waals surface area (Å²) in [5.74, 6) is 0.0417. The molecule has 0 saturated heterocycles. The first-order chi connectivity index (χ1) is 3.13. The molecular formula is C4H5OS2. The van der Waals surface area contributed by atoms with Gasteiger partial charge in [0.2, 0.25) is 0 Å². The largest absolute Gasteiger partial charge is 0.300 e. The SMILES string of the molecule is CC(=O)CC([S])=S. The summed E-state index contributed by atoms with van der Waals surface area (Å²) in [6, 6.07) is 0. The first-order valence-corrected chi connectivity index (χ1v) is 2.64. The molecule has 0 unspecified atom stereocenters. The highest BCUT2D eigenvalue weighted by Crippen LogP contribution is 1.90. The van der Waals surface area contributed by atoms with Gasteiger partial charge in [-0.3, -0.25) is 4.79 Å². The van der Waals surface area contributed by atoms with E-state index in [2.05, 4.69) is 24.8 Å². The normalized spacial score (nSPS) is 8.14. The molecular weight excluding hydrogens is 128 g/mol. The monoisotopic (exact) mass is 133 g/mol. The molecule has 0 N–H and O–H groups in total. The Hall–Kier alpha value is -0.0200. The molecule has 0 spiro atoms. The summed E-state index contributed by atoms with van der Waals surface area (Å²) in [5, 5.41) is 0. The van der Waals surface area contributed by atoms with Gasteiger partial charge in [-0.15, -0.1) is 0 Å². The van der Waals surface area contributed by atoms with Crippen molar-refractivity contribution in [2.75, 3.05) is 0 Å². The maximum atomic E-state index is 10.1. The van der Waals surface area contributed by atoms with E-state index in [1.807, 2.05) is 0 Å². The smallest absolute Gasteiger partial charge is 0.135 e. The third kappa shape index (κ3) is 5.98. The van der Waals surface area contributed by atoms with Gasteiger partial charge in [-0.05, 0) is 6.92 Å². The van der Waals surface area contributed by atoms with E-state index in [4.69, 9.17) is 0 Å². The van der Waals surface area contributed by atoms with Crippen molar-refractivity contribution in [2.24, 2.45) is 0 Å². The van der Waals surface area contributed by atoms with Crippen molar-refractivity contribution >= 4 is 34.8 Å². The number of rotatable bonds is 2. The zero-order valence-corrected chi connectivity index (χ0v) is 5.56. The highest BCUT2D eigenvalue weighted by atomic mass is 32.1. The number of carbonyl (C=O) groups is 1. The van der Waals surface area contributed by atoms with Gasteiger partial charge < -0.3 is 0 Å². The molecule has 0 aliphatic carbocycles. The molecule has 0 rings (SSSR count). The molecule has 0 fully saturated rings. The van der Waals surface area contributed by atoms with Crippen LogP contribution in [0.4, 0.5) is 0 Å². The lowest BCUT2D eigenvalue weighted by atomic mass is 10.4. The lowest BCUT2D eigenvalue weighted by molar-refractivity contribution is -0.115. The molecule has 0 amide bonds. The van der Waals surface area contributed by atoms with E-state index < -0.39 is 0 Å². The van der Waals surface area contributed by atoms with Gasteiger partial charge in [-0.2, -0.15) is 0 Å². The van der Waals surface area contributed by atoms with E-state index in [0.717, 1.165) is 0 Å². The summed E-state index contributed by atoms with van der Waals surface area (Å²) >= 11 is 8.93. The van der Waals surface area contributed by atoms with Gasteiger partial charge in [0.05, 0.1) is 10.6 Å². The summed E-state index contributed by atoms with van der Waals surface area (Å²) in [7, 11) is 0. The molecule has 3 heteroatoms. The third-order valence-corrected chi connectivity index (χ3v) is 0.682. The zero-order valence-electron chi connectivity index (χ0n) is 3.93. The third-order valence-electron chi connectivity index (χ3n) is 0.393. The molecule has 0 aromatic carbocycles. The fourth-order valence-electron chi connectivity index (χ4n) is 0.203. The lowest BCUT2D eigenvalue weighted by Gasteiger charge is -1.82. The highest BCUT2D eigenvalue weighted by Gasteiger charge is 1.93. The van der Waals surface area contributed by atoms with Crippen LogP contribution in [0.2, 0.25) is 0 Å². The molecule has 0 bridgehead atoms. The topological polar surface area (TPSA) is 17.1 Å². The molecule has 1 radical (unpaired) electrons. The maximum absolute atomic E-state index is 10.1. The summed E-state index contributed by atoms with van der Waals surface area (Å²) in [5.41, 5.74) is 0. The molecule has 0 aliphatic heterocycles. The maximum Gasteiger partial charge on any atom is 0.135 e. The van der Waals surface area contributed by atoms with Gasteiger partial charge in [0.25, 0.3) is 0 Å². The number of ketones is 1. The van der Waals surface area contributed by atoms with Crippen LogP contribution in [0.3, 0.4) is 0 Å². The molecule has 0 aromatic heterocycles. The highest BCUT2D eigenvalue weighted by molar-refractivity contribution is 8.11. The van der Waals surface area contributed by atoms with Crippen LogP contribution in [0.15, 0.2) is 0 Å². The van der Waals surface area contributed by atoms with Crippen molar-refractivity contribution in [3.8, 4) is 0 Å². The minimum Gasteiger partial charge on any atom is -0.300 e. The van der Waals surface area contributed by atoms with Crippen molar-refractivity contribution in [1.29, 1.82) is 0 Å². The van der Waals surface area contributed by atoms with Crippen LogP contribution in [0.25, 0.3) is 0 Å². The van der Waals surface area contributed by atoms with Gasteiger partial charge >= 0.3 is 0 Å². The summed E-state index contributed by atoms with van der Waals surface area (Å²) in [6.07, 6.45) is 0.269. The van der Waals surface area contributed by atoms with Gasteiger partial charge in [-0.25, -0.2) is 0 Å². The quantitative estimate of drug-likeness (QED) is 0.531. The molecule has 0 heterocycles. The summed E-state index contributed by atoms with van der Waals surface area (Å²) in [6.45, 7) is 1.47. The Bertz CT molecular complexity index is 85.9. The van der Waals surface area contributed by atoms with E-state index in [0.29, 0.717) is 4.20 Å². The van der Waals surface area contributed by atoms with E-state index in [1.54, 1.807) is 0 Å². The minimum atomic E-state index is 0.0417. The fraction of sp³-hybridized carbons (Fsp3) is 0.500. The van der Waals surface area contributed by atoms with Crippen molar-refractivity contribution in [1.82, 2.24) is 0 Å². The number of hydrogen-bond acceptors (Lipinski definition) is 2. The molecule has 0 atom stereocenters. The Balaban J connectivity index is 3.32. The Labute approximate surface area is 53.5 Å².